The van der Waals surface area contributed by atoms with Gasteiger partial charge < -0.3 is 4.90 Å². The first kappa shape index (κ1) is 23.0. The maximum atomic E-state index is 13.2. The second kappa shape index (κ2) is 9.73. The lowest BCUT2D eigenvalue weighted by molar-refractivity contribution is 0.0269. The minimum atomic E-state index is -3.48. The van der Waals surface area contributed by atoms with Gasteiger partial charge in [0, 0.05) is 50.4 Å². The molecule has 0 spiro atoms. The largest absolute Gasteiger partial charge is 0.336 e. The number of hydrogen-bond acceptors (Lipinski definition) is 4. The van der Waals surface area contributed by atoms with Crippen molar-refractivity contribution in [1.29, 1.82) is 0 Å². The number of amides is 1. The Morgan fingerprint density at radius 2 is 1.47 bits per heavy atom. The van der Waals surface area contributed by atoms with Gasteiger partial charge in [0.2, 0.25) is 10.0 Å². The van der Waals surface area contributed by atoms with Crippen molar-refractivity contribution in [2.75, 3.05) is 26.2 Å². The summed E-state index contributed by atoms with van der Waals surface area (Å²) in [5.41, 5.74) is 1.81. The Bertz CT molecular complexity index is 1010. The minimum Gasteiger partial charge on any atom is -0.336 e. The summed E-state index contributed by atoms with van der Waals surface area (Å²) < 4.78 is 27.3. The van der Waals surface area contributed by atoms with Gasteiger partial charge in [0.05, 0.1) is 4.90 Å². The molecule has 32 heavy (non-hydrogen) atoms. The standard InChI is InChI=1S/C25H33N3O3S/c1-20-17-26(18-21(2)28(20)19-22-9-5-3-6-10-22)25(29)23-11-13-24(14-12-23)32(30,31)27-15-7-4-8-16-27/h3,5-6,9-14,20-21H,4,7-8,15-19H2,1-2H3. The van der Waals surface area contributed by atoms with E-state index >= 15 is 0 Å². The van der Waals surface area contributed by atoms with Crippen LogP contribution in [0.2, 0.25) is 0 Å². The van der Waals surface area contributed by atoms with E-state index in [1.807, 2.05) is 11.0 Å². The predicted octanol–water partition coefficient (Wildman–Crippen LogP) is 3.60. The van der Waals surface area contributed by atoms with Gasteiger partial charge in [-0.25, -0.2) is 8.42 Å². The molecule has 0 radical (unpaired) electrons. The number of benzene rings is 2. The third-order valence-corrected chi connectivity index (χ3v) is 8.56. The molecule has 2 fully saturated rings. The molecule has 6 nitrogen and oxygen atoms in total. The summed E-state index contributed by atoms with van der Waals surface area (Å²) in [5.74, 6) is -0.0371. The molecule has 2 aromatic carbocycles. The highest BCUT2D eigenvalue weighted by Crippen LogP contribution is 2.23. The van der Waals surface area contributed by atoms with Gasteiger partial charge in [-0.3, -0.25) is 9.69 Å². The van der Waals surface area contributed by atoms with E-state index in [0.29, 0.717) is 31.7 Å². The topological polar surface area (TPSA) is 60.9 Å². The third-order valence-electron chi connectivity index (χ3n) is 6.65. The van der Waals surface area contributed by atoms with E-state index < -0.39 is 10.0 Å². The van der Waals surface area contributed by atoms with Crippen molar-refractivity contribution >= 4 is 15.9 Å². The van der Waals surface area contributed by atoms with Gasteiger partial charge in [0.25, 0.3) is 5.91 Å². The third kappa shape index (κ3) is 4.90. The molecule has 172 valence electrons. The first-order valence-corrected chi connectivity index (χ1v) is 13.0. The predicted molar refractivity (Wildman–Crippen MR) is 126 cm³/mol. The SMILES string of the molecule is CC1CN(C(=O)c2ccc(S(=O)(=O)N3CCCCC3)cc2)CC(C)N1Cc1ccccc1. The zero-order valence-electron chi connectivity index (χ0n) is 19.0. The normalized spacial score (nSPS) is 23.2. The van der Waals surface area contributed by atoms with Crippen LogP contribution in [0.3, 0.4) is 0 Å². The molecule has 2 heterocycles. The van der Waals surface area contributed by atoms with Gasteiger partial charge in [0.15, 0.2) is 0 Å². The fourth-order valence-corrected chi connectivity index (χ4v) is 6.35. The van der Waals surface area contributed by atoms with Crippen LogP contribution in [0, 0.1) is 0 Å². The molecule has 0 aliphatic carbocycles. The monoisotopic (exact) mass is 455 g/mol. The number of carbonyl (C=O) groups is 1. The van der Waals surface area contributed by atoms with Crippen LogP contribution in [0.25, 0.3) is 0 Å². The number of nitrogens with zero attached hydrogens (tertiary/aromatic N) is 3. The fourth-order valence-electron chi connectivity index (χ4n) is 4.83. The summed E-state index contributed by atoms with van der Waals surface area (Å²) >= 11 is 0. The maximum absolute atomic E-state index is 13.2. The number of carbonyl (C=O) groups excluding carboxylic acids is 1. The lowest BCUT2D eigenvalue weighted by Gasteiger charge is -2.44. The van der Waals surface area contributed by atoms with Crippen molar-refractivity contribution in [2.45, 2.75) is 56.6 Å². The van der Waals surface area contributed by atoms with Crippen molar-refractivity contribution in [3.63, 3.8) is 0 Å². The van der Waals surface area contributed by atoms with Crippen LogP contribution in [-0.4, -0.2) is 66.7 Å². The smallest absolute Gasteiger partial charge is 0.253 e. The molecule has 2 saturated heterocycles. The number of hydrogen-bond donors (Lipinski definition) is 0. The Labute approximate surface area is 191 Å². The van der Waals surface area contributed by atoms with Crippen LogP contribution in [0.5, 0.6) is 0 Å². The number of rotatable bonds is 5. The van der Waals surface area contributed by atoms with E-state index in [4.69, 9.17) is 0 Å². The lowest BCUT2D eigenvalue weighted by Crippen LogP contribution is -2.57. The highest BCUT2D eigenvalue weighted by atomic mass is 32.2. The Morgan fingerprint density at radius 1 is 0.875 bits per heavy atom. The van der Waals surface area contributed by atoms with Gasteiger partial charge in [0.1, 0.15) is 0 Å². The Hall–Kier alpha value is -2.22. The average molecular weight is 456 g/mol. The maximum Gasteiger partial charge on any atom is 0.253 e. The molecule has 2 atom stereocenters. The van der Waals surface area contributed by atoms with E-state index in [9.17, 15) is 13.2 Å². The van der Waals surface area contributed by atoms with Gasteiger partial charge in [-0.05, 0) is 56.5 Å². The molecule has 0 aromatic heterocycles. The molecule has 2 unspecified atom stereocenters. The van der Waals surface area contributed by atoms with E-state index in [2.05, 4.69) is 43.0 Å². The van der Waals surface area contributed by atoms with Gasteiger partial charge in [-0.2, -0.15) is 4.31 Å². The zero-order valence-corrected chi connectivity index (χ0v) is 19.8. The molecule has 1 amide bonds. The molecule has 0 saturated carbocycles. The zero-order chi connectivity index (χ0) is 22.7. The molecule has 0 N–H and O–H groups in total. The van der Waals surface area contributed by atoms with Crippen LogP contribution < -0.4 is 0 Å². The van der Waals surface area contributed by atoms with Crippen molar-refractivity contribution in [1.82, 2.24) is 14.1 Å². The van der Waals surface area contributed by atoms with Gasteiger partial charge in [-0.15, -0.1) is 0 Å². The molecular weight excluding hydrogens is 422 g/mol. The molecular formula is C25H33N3O3S. The summed E-state index contributed by atoms with van der Waals surface area (Å²) in [6, 6.07) is 17.4. The molecule has 2 aliphatic heterocycles. The minimum absolute atomic E-state index is 0.0371. The van der Waals surface area contributed by atoms with Crippen LogP contribution in [0.15, 0.2) is 59.5 Å². The average Bonchev–Trinajstić information content (AvgIpc) is 2.82. The van der Waals surface area contributed by atoms with Crippen LogP contribution in [-0.2, 0) is 16.6 Å². The van der Waals surface area contributed by atoms with Crippen LogP contribution in [0.1, 0.15) is 49.0 Å². The summed E-state index contributed by atoms with van der Waals surface area (Å²) in [6.07, 6.45) is 2.89. The Morgan fingerprint density at radius 3 is 2.06 bits per heavy atom. The lowest BCUT2D eigenvalue weighted by atomic mass is 10.0. The van der Waals surface area contributed by atoms with E-state index in [1.54, 1.807) is 28.6 Å². The summed E-state index contributed by atoms with van der Waals surface area (Å²) in [4.78, 5) is 17.8. The molecule has 7 heteroatoms. The molecule has 2 aromatic rings. The number of piperazine rings is 1. The molecule has 4 rings (SSSR count). The summed E-state index contributed by atoms with van der Waals surface area (Å²) in [6.45, 7) is 7.65. The van der Waals surface area contributed by atoms with Crippen molar-refractivity contribution < 1.29 is 13.2 Å². The van der Waals surface area contributed by atoms with Crippen molar-refractivity contribution in [2.24, 2.45) is 0 Å². The first-order valence-electron chi connectivity index (χ1n) is 11.6. The second-order valence-electron chi connectivity index (χ2n) is 9.06. The first-order chi connectivity index (χ1) is 15.4. The van der Waals surface area contributed by atoms with E-state index in [-0.39, 0.29) is 22.9 Å². The van der Waals surface area contributed by atoms with Gasteiger partial charge >= 0.3 is 0 Å². The fraction of sp³-hybridized carbons (Fsp3) is 0.480. The Kier molecular flexibility index (Phi) is 6.98. The van der Waals surface area contributed by atoms with Crippen LogP contribution in [0.4, 0.5) is 0 Å². The van der Waals surface area contributed by atoms with Gasteiger partial charge in [-0.1, -0.05) is 36.8 Å². The molecule has 2 aliphatic rings. The van der Waals surface area contributed by atoms with E-state index in [0.717, 1.165) is 25.8 Å². The van der Waals surface area contributed by atoms with E-state index in [1.165, 1.54) is 5.56 Å². The number of sulfonamides is 1. The number of piperidine rings is 1. The van der Waals surface area contributed by atoms with Crippen molar-refractivity contribution in [3.05, 3.63) is 65.7 Å². The summed E-state index contributed by atoms with van der Waals surface area (Å²) in [7, 11) is -3.48. The second-order valence-corrected chi connectivity index (χ2v) is 11.0. The quantitative estimate of drug-likeness (QED) is 0.691. The summed E-state index contributed by atoms with van der Waals surface area (Å²) in [5, 5.41) is 0. The van der Waals surface area contributed by atoms with Crippen molar-refractivity contribution in [3.8, 4) is 0 Å². The highest BCUT2D eigenvalue weighted by Gasteiger charge is 2.32. The Balaban J connectivity index is 1.42. The molecule has 0 bridgehead atoms. The highest BCUT2D eigenvalue weighted by molar-refractivity contribution is 7.89. The van der Waals surface area contributed by atoms with Crippen LogP contribution >= 0.6 is 0 Å².